The maximum absolute atomic E-state index is 12.9. The Bertz CT molecular complexity index is 1120. The number of carbonyl (C=O) groups is 4. The highest BCUT2D eigenvalue weighted by molar-refractivity contribution is 9.15. The first kappa shape index (κ1) is 25.6. The fourth-order valence-corrected chi connectivity index (χ4v) is 5.89. The number of nitrogens with one attached hydrogen (secondary N) is 1. The summed E-state index contributed by atoms with van der Waals surface area (Å²) in [5.74, 6) is -2.92. The van der Waals surface area contributed by atoms with E-state index in [0.29, 0.717) is 33.6 Å². The first-order valence-corrected chi connectivity index (χ1v) is 12.5. The van der Waals surface area contributed by atoms with Crippen LogP contribution in [-0.2, 0) is 14.3 Å². The van der Waals surface area contributed by atoms with E-state index in [1.807, 2.05) is 0 Å². The van der Waals surface area contributed by atoms with Crippen LogP contribution in [0.2, 0.25) is 10.0 Å². The number of nitrogens with zero attached hydrogens (tertiary/aromatic N) is 1. The average molecular weight is 737 g/mol. The van der Waals surface area contributed by atoms with Crippen molar-refractivity contribution in [1.82, 2.24) is 4.90 Å². The summed E-state index contributed by atoms with van der Waals surface area (Å²) in [6.07, 6.45) is 0. The molecule has 3 rings (SSSR count). The molecule has 7 nitrogen and oxygen atoms in total. The van der Waals surface area contributed by atoms with Crippen LogP contribution >= 0.6 is 86.9 Å². The zero-order valence-corrected chi connectivity index (χ0v) is 23.6. The molecule has 0 saturated carbocycles. The SMILES string of the molecule is CC(C(=O)OCC(=O)Nc1cc(Cl)cc(Cl)c1)N1C(=O)c2c(Br)c(Br)c(Br)c(Br)c2C1=O. The van der Waals surface area contributed by atoms with Gasteiger partial charge in [-0.3, -0.25) is 19.3 Å². The largest absolute Gasteiger partial charge is 0.454 e. The monoisotopic (exact) mass is 732 g/mol. The highest BCUT2D eigenvalue weighted by atomic mass is 79.9. The third kappa shape index (κ3) is 4.92. The number of amides is 3. The van der Waals surface area contributed by atoms with Crippen LogP contribution in [0.1, 0.15) is 27.6 Å². The molecule has 0 bridgehead atoms. The molecule has 1 aliphatic rings. The number of imide groups is 1. The number of rotatable bonds is 5. The molecule has 1 atom stereocenters. The molecule has 0 saturated heterocycles. The zero-order valence-electron chi connectivity index (χ0n) is 15.8. The Morgan fingerprint density at radius 3 is 1.88 bits per heavy atom. The number of hydrogen-bond acceptors (Lipinski definition) is 5. The molecule has 13 heteroatoms. The Morgan fingerprint density at radius 1 is 0.938 bits per heavy atom. The van der Waals surface area contributed by atoms with Crippen LogP contribution < -0.4 is 5.32 Å². The molecule has 0 radical (unpaired) electrons. The van der Waals surface area contributed by atoms with E-state index in [1.54, 1.807) is 0 Å². The van der Waals surface area contributed by atoms with Crippen molar-refractivity contribution in [3.63, 3.8) is 0 Å². The van der Waals surface area contributed by atoms with E-state index in [-0.39, 0.29) is 11.1 Å². The number of fused-ring (bicyclic) bond motifs is 1. The molecule has 0 spiro atoms. The molecule has 0 aliphatic carbocycles. The van der Waals surface area contributed by atoms with Crippen LogP contribution in [0.5, 0.6) is 0 Å². The Kier molecular flexibility index (Phi) is 8.10. The van der Waals surface area contributed by atoms with Crippen molar-refractivity contribution in [3.05, 3.63) is 57.3 Å². The Labute approximate surface area is 225 Å². The zero-order chi connectivity index (χ0) is 23.9. The van der Waals surface area contributed by atoms with E-state index in [1.165, 1.54) is 25.1 Å². The average Bonchev–Trinajstić information content (AvgIpc) is 2.97. The summed E-state index contributed by atoms with van der Waals surface area (Å²) in [4.78, 5) is 51.3. The van der Waals surface area contributed by atoms with Crippen molar-refractivity contribution in [2.75, 3.05) is 11.9 Å². The molecule has 1 aliphatic heterocycles. The van der Waals surface area contributed by atoms with E-state index in [9.17, 15) is 19.2 Å². The van der Waals surface area contributed by atoms with Crippen molar-refractivity contribution in [2.24, 2.45) is 0 Å². The minimum absolute atomic E-state index is 0.104. The summed E-state index contributed by atoms with van der Waals surface area (Å²) in [5.41, 5.74) is 0.530. The van der Waals surface area contributed by atoms with Crippen molar-refractivity contribution < 1.29 is 23.9 Å². The number of halogens is 6. The summed E-state index contributed by atoms with van der Waals surface area (Å²) >= 11 is 25.0. The summed E-state index contributed by atoms with van der Waals surface area (Å²) < 4.78 is 6.79. The second kappa shape index (κ2) is 10.1. The lowest BCUT2D eigenvalue weighted by Gasteiger charge is -2.20. The minimum atomic E-state index is -1.27. The summed E-state index contributed by atoms with van der Waals surface area (Å²) in [7, 11) is 0. The first-order valence-electron chi connectivity index (χ1n) is 8.60. The molecule has 1 heterocycles. The smallest absolute Gasteiger partial charge is 0.329 e. The predicted octanol–water partition coefficient (Wildman–Crippen LogP) is 6.21. The van der Waals surface area contributed by atoms with Crippen LogP contribution in [0.4, 0.5) is 5.69 Å². The van der Waals surface area contributed by atoms with Crippen LogP contribution in [0.15, 0.2) is 36.1 Å². The van der Waals surface area contributed by atoms with Gasteiger partial charge in [0, 0.05) is 33.6 Å². The van der Waals surface area contributed by atoms with Gasteiger partial charge in [-0.25, -0.2) is 4.79 Å². The van der Waals surface area contributed by atoms with Gasteiger partial charge in [0.2, 0.25) is 0 Å². The lowest BCUT2D eigenvalue weighted by atomic mass is 10.1. The van der Waals surface area contributed by atoms with Gasteiger partial charge in [0.15, 0.2) is 6.61 Å². The number of carbonyl (C=O) groups excluding carboxylic acids is 4. The van der Waals surface area contributed by atoms with Crippen LogP contribution in [-0.4, -0.2) is 41.2 Å². The molecular formula is C19H10Br4Cl2N2O5. The van der Waals surface area contributed by atoms with Gasteiger partial charge in [0.05, 0.1) is 11.1 Å². The van der Waals surface area contributed by atoms with Gasteiger partial charge in [0.1, 0.15) is 6.04 Å². The van der Waals surface area contributed by atoms with Crippen LogP contribution in [0.25, 0.3) is 0 Å². The lowest BCUT2D eigenvalue weighted by Crippen LogP contribution is -2.44. The highest BCUT2D eigenvalue weighted by Gasteiger charge is 2.45. The number of benzene rings is 2. The fraction of sp³-hybridized carbons (Fsp3) is 0.158. The molecule has 0 fully saturated rings. The molecule has 168 valence electrons. The minimum Gasteiger partial charge on any atom is -0.454 e. The van der Waals surface area contributed by atoms with E-state index in [0.717, 1.165) is 4.90 Å². The second-order valence-corrected chi connectivity index (χ2v) is 10.5. The first-order chi connectivity index (χ1) is 14.9. The molecule has 3 amide bonds. The van der Waals surface area contributed by atoms with E-state index in [4.69, 9.17) is 27.9 Å². The number of hydrogen-bond donors (Lipinski definition) is 1. The maximum atomic E-state index is 12.9. The maximum Gasteiger partial charge on any atom is 0.329 e. The van der Waals surface area contributed by atoms with Gasteiger partial charge in [-0.2, -0.15) is 0 Å². The predicted molar refractivity (Wildman–Crippen MR) is 133 cm³/mol. The number of ether oxygens (including phenoxy) is 1. The van der Waals surface area contributed by atoms with Crippen molar-refractivity contribution in [1.29, 1.82) is 0 Å². The van der Waals surface area contributed by atoms with Crippen LogP contribution in [0.3, 0.4) is 0 Å². The third-order valence-corrected chi connectivity index (χ3v) is 9.56. The molecule has 0 aromatic heterocycles. The van der Waals surface area contributed by atoms with Crippen LogP contribution in [0, 0.1) is 0 Å². The Hall–Kier alpha value is -0.980. The van der Waals surface area contributed by atoms with Crippen molar-refractivity contribution >= 4 is 116 Å². The van der Waals surface area contributed by atoms with Crippen molar-refractivity contribution in [3.8, 4) is 0 Å². The quantitative estimate of drug-likeness (QED) is 0.171. The molecule has 32 heavy (non-hydrogen) atoms. The van der Waals surface area contributed by atoms with Gasteiger partial charge in [0.25, 0.3) is 17.7 Å². The second-order valence-electron chi connectivity index (χ2n) is 6.48. The van der Waals surface area contributed by atoms with Gasteiger partial charge in [-0.1, -0.05) is 23.2 Å². The van der Waals surface area contributed by atoms with E-state index >= 15 is 0 Å². The molecule has 1 N–H and O–H groups in total. The highest BCUT2D eigenvalue weighted by Crippen LogP contribution is 2.45. The standard InChI is InChI=1S/C19H10Br4Cl2N2O5/c1-6(19(31)32-5-10(28)26-9-3-7(24)2-8(25)4-9)27-17(29)11-12(18(27)30)14(21)16(23)15(22)13(11)20/h2-4,6H,5H2,1H3,(H,26,28). The fourth-order valence-electron chi connectivity index (χ4n) is 2.90. The Morgan fingerprint density at radius 2 is 1.41 bits per heavy atom. The van der Waals surface area contributed by atoms with E-state index < -0.39 is 36.3 Å². The number of anilines is 1. The van der Waals surface area contributed by atoms with Gasteiger partial charge in [-0.05, 0) is 88.8 Å². The molecular weight excluding hydrogens is 727 g/mol. The summed E-state index contributed by atoms with van der Waals surface area (Å²) in [6.45, 7) is 0.700. The summed E-state index contributed by atoms with van der Waals surface area (Å²) in [6, 6.07) is 3.17. The van der Waals surface area contributed by atoms with Gasteiger partial charge in [-0.15, -0.1) is 0 Å². The molecule has 2 aromatic carbocycles. The Balaban J connectivity index is 1.71. The lowest BCUT2D eigenvalue weighted by molar-refractivity contribution is -0.150. The third-order valence-electron chi connectivity index (χ3n) is 4.35. The van der Waals surface area contributed by atoms with Gasteiger partial charge < -0.3 is 10.1 Å². The number of esters is 1. The van der Waals surface area contributed by atoms with E-state index in [2.05, 4.69) is 69.0 Å². The summed E-state index contributed by atoms with van der Waals surface area (Å²) in [5, 5.41) is 3.13. The molecule has 2 aromatic rings. The van der Waals surface area contributed by atoms with Crippen molar-refractivity contribution in [2.45, 2.75) is 13.0 Å². The topological polar surface area (TPSA) is 92.8 Å². The molecule has 1 unspecified atom stereocenters. The normalized spacial score (nSPS) is 13.8. The van der Waals surface area contributed by atoms with Gasteiger partial charge >= 0.3 is 5.97 Å².